The van der Waals surface area contributed by atoms with Crippen LogP contribution in [0.2, 0.25) is 0 Å². The van der Waals surface area contributed by atoms with Gasteiger partial charge in [0.15, 0.2) is 0 Å². The van der Waals surface area contributed by atoms with Crippen molar-refractivity contribution in [2.24, 2.45) is 11.8 Å². The summed E-state index contributed by atoms with van der Waals surface area (Å²) in [5.41, 5.74) is 1.16. The summed E-state index contributed by atoms with van der Waals surface area (Å²) >= 11 is 0. The molecule has 0 atom stereocenters. The highest BCUT2D eigenvalue weighted by Crippen LogP contribution is 2.32. The van der Waals surface area contributed by atoms with Gasteiger partial charge < -0.3 is 0 Å². The molecule has 0 radical (unpaired) electrons. The predicted octanol–water partition coefficient (Wildman–Crippen LogP) is 5.11. The lowest BCUT2D eigenvalue weighted by atomic mass is 9.78. The standard InChI is InChI=1S/C7H9N.C7H14.C2H6/c1-2-7-5-3-4-6-8-7;1-6(2)7-4-3-5-7;1-2/h3-6H,2H2,1H3;6-7H,3-5H2,1-2H3;1-2H3. The fraction of sp³-hybridized carbons (Fsp3) is 0.688. The van der Waals surface area contributed by atoms with Crippen molar-refractivity contribution in [1.82, 2.24) is 4.98 Å². The number of aromatic nitrogens is 1. The number of pyridine rings is 1. The van der Waals surface area contributed by atoms with Crippen LogP contribution in [0, 0.1) is 11.8 Å². The van der Waals surface area contributed by atoms with E-state index in [1.807, 2.05) is 38.2 Å². The first-order valence-corrected chi connectivity index (χ1v) is 7.14. The number of hydrogen-bond donors (Lipinski definition) is 0. The molecule has 1 nitrogen and oxygen atoms in total. The summed E-state index contributed by atoms with van der Waals surface area (Å²) in [5.74, 6) is 2.04. The van der Waals surface area contributed by atoms with Gasteiger partial charge in [0.1, 0.15) is 0 Å². The number of rotatable bonds is 2. The van der Waals surface area contributed by atoms with Crippen LogP contribution in [0.3, 0.4) is 0 Å². The van der Waals surface area contributed by atoms with Crippen molar-refractivity contribution in [2.45, 2.75) is 60.3 Å². The highest BCUT2D eigenvalue weighted by atomic mass is 14.6. The molecule has 0 unspecified atom stereocenters. The molecule has 98 valence electrons. The number of hydrogen-bond acceptors (Lipinski definition) is 1. The minimum atomic E-state index is 0.953. The van der Waals surface area contributed by atoms with Gasteiger partial charge in [0.2, 0.25) is 0 Å². The van der Waals surface area contributed by atoms with E-state index >= 15 is 0 Å². The molecule has 0 N–H and O–H groups in total. The topological polar surface area (TPSA) is 12.9 Å². The molecule has 0 bridgehead atoms. The maximum atomic E-state index is 4.10. The van der Waals surface area contributed by atoms with Gasteiger partial charge in [-0.3, -0.25) is 4.98 Å². The highest BCUT2D eigenvalue weighted by molar-refractivity contribution is 5.02. The quantitative estimate of drug-likeness (QED) is 0.694. The number of nitrogens with zero attached hydrogens (tertiary/aromatic N) is 1. The van der Waals surface area contributed by atoms with E-state index in [0.717, 1.165) is 24.0 Å². The Labute approximate surface area is 108 Å². The first kappa shape index (κ1) is 16.1. The average molecular weight is 235 g/mol. The van der Waals surface area contributed by atoms with E-state index < -0.39 is 0 Å². The average Bonchev–Trinajstić information content (AvgIpc) is 2.31. The normalized spacial score (nSPS) is 14.0. The van der Waals surface area contributed by atoms with E-state index in [9.17, 15) is 0 Å². The molecular formula is C16H29N. The van der Waals surface area contributed by atoms with Crippen molar-refractivity contribution in [3.8, 4) is 0 Å². The summed E-state index contributed by atoms with van der Waals surface area (Å²) in [7, 11) is 0. The van der Waals surface area contributed by atoms with Crippen LogP contribution in [0.25, 0.3) is 0 Å². The number of aryl methyl sites for hydroxylation is 1. The largest absolute Gasteiger partial charge is 0.261 e. The first-order valence-electron chi connectivity index (χ1n) is 7.14. The van der Waals surface area contributed by atoms with E-state index in [1.54, 1.807) is 0 Å². The van der Waals surface area contributed by atoms with Crippen molar-refractivity contribution in [1.29, 1.82) is 0 Å². The minimum absolute atomic E-state index is 0.953. The van der Waals surface area contributed by atoms with Crippen LogP contribution in [0.5, 0.6) is 0 Å². The molecule has 1 aromatic rings. The summed E-state index contributed by atoms with van der Waals surface area (Å²) in [6, 6.07) is 5.96. The van der Waals surface area contributed by atoms with E-state index in [0.29, 0.717) is 0 Å². The Kier molecular flexibility index (Phi) is 9.80. The molecule has 0 saturated heterocycles. The molecule has 17 heavy (non-hydrogen) atoms. The van der Waals surface area contributed by atoms with Crippen molar-refractivity contribution in [3.63, 3.8) is 0 Å². The Hall–Kier alpha value is -0.850. The highest BCUT2D eigenvalue weighted by Gasteiger charge is 2.19. The molecule has 1 aliphatic carbocycles. The van der Waals surface area contributed by atoms with Gasteiger partial charge in [0.05, 0.1) is 0 Å². The van der Waals surface area contributed by atoms with E-state index in [-0.39, 0.29) is 0 Å². The molecule has 1 saturated carbocycles. The summed E-state index contributed by atoms with van der Waals surface area (Å²) in [5, 5.41) is 0. The molecule has 0 aromatic carbocycles. The summed E-state index contributed by atoms with van der Waals surface area (Å²) < 4.78 is 0. The van der Waals surface area contributed by atoms with Gasteiger partial charge >= 0.3 is 0 Å². The summed E-state index contributed by atoms with van der Waals surface area (Å²) in [6.45, 7) is 10.7. The predicted molar refractivity (Wildman–Crippen MR) is 77.1 cm³/mol. The van der Waals surface area contributed by atoms with E-state index in [2.05, 4.69) is 25.8 Å². The second-order valence-corrected chi connectivity index (χ2v) is 4.61. The van der Waals surface area contributed by atoms with Gasteiger partial charge in [0.25, 0.3) is 0 Å². The zero-order chi connectivity index (χ0) is 13.1. The lowest BCUT2D eigenvalue weighted by molar-refractivity contribution is 0.235. The maximum Gasteiger partial charge on any atom is 0.0400 e. The molecule has 1 aromatic heterocycles. The lowest BCUT2D eigenvalue weighted by Crippen LogP contribution is -2.16. The van der Waals surface area contributed by atoms with Gasteiger partial charge in [-0.2, -0.15) is 0 Å². The van der Waals surface area contributed by atoms with Crippen LogP contribution in [-0.4, -0.2) is 4.98 Å². The molecule has 0 spiro atoms. The fourth-order valence-corrected chi connectivity index (χ4v) is 1.71. The Bertz CT molecular complexity index is 249. The SMILES string of the molecule is CC.CC(C)C1CCC1.CCc1ccccn1. The second kappa shape index (κ2) is 10.3. The van der Waals surface area contributed by atoms with Crippen LogP contribution in [0.15, 0.2) is 24.4 Å². The van der Waals surface area contributed by atoms with Gasteiger partial charge in [-0.1, -0.05) is 59.9 Å². The van der Waals surface area contributed by atoms with E-state index in [1.165, 1.54) is 19.3 Å². The fourth-order valence-electron chi connectivity index (χ4n) is 1.71. The molecule has 0 aliphatic heterocycles. The van der Waals surface area contributed by atoms with Gasteiger partial charge in [0, 0.05) is 11.9 Å². The third kappa shape index (κ3) is 7.14. The molecule has 1 aliphatic rings. The summed E-state index contributed by atoms with van der Waals surface area (Å²) in [4.78, 5) is 4.10. The van der Waals surface area contributed by atoms with Crippen molar-refractivity contribution in [3.05, 3.63) is 30.1 Å². The molecule has 2 rings (SSSR count). The molecule has 1 fully saturated rings. The Morgan fingerprint density at radius 2 is 1.88 bits per heavy atom. The Balaban J connectivity index is 0.000000265. The van der Waals surface area contributed by atoms with Crippen molar-refractivity contribution >= 4 is 0 Å². The molecule has 0 amide bonds. The second-order valence-electron chi connectivity index (χ2n) is 4.61. The van der Waals surface area contributed by atoms with Crippen LogP contribution >= 0.6 is 0 Å². The van der Waals surface area contributed by atoms with Crippen molar-refractivity contribution < 1.29 is 0 Å². The molecular weight excluding hydrogens is 206 g/mol. The van der Waals surface area contributed by atoms with Crippen LogP contribution in [0.1, 0.15) is 59.6 Å². The zero-order valence-corrected chi connectivity index (χ0v) is 12.2. The maximum absolute atomic E-state index is 4.10. The Morgan fingerprint density at radius 3 is 2.06 bits per heavy atom. The monoisotopic (exact) mass is 235 g/mol. The smallest absolute Gasteiger partial charge is 0.0400 e. The van der Waals surface area contributed by atoms with Gasteiger partial charge in [-0.25, -0.2) is 0 Å². The van der Waals surface area contributed by atoms with Crippen LogP contribution in [-0.2, 0) is 6.42 Å². The van der Waals surface area contributed by atoms with E-state index in [4.69, 9.17) is 0 Å². The first-order chi connectivity index (χ1) is 8.24. The lowest BCUT2D eigenvalue weighted by Gasteiger charge is -2.28. The molecule has 1 heteroatoms. The van der Waals surface area contributed by atoms with Gasteiger partial charge in [-0.15, -0.1) is 0 Å². The molecule has 1 heterocycles. The van der Waals surface area contributed by atoms with Crippen LogP contribution in [0.4, 0.5) is 0 Å². The third-order valence-corrected chi connectivity index (χ3v) is 3.18. The van der Waals surface area contributed by atoms with Gasteiger partial charge in [-0.05, 0) is 30.4 Å². The zero-order valence-electron chi connectivity index (χ0n) is 12.2. The summed E-state index contributed by atoms with van der Waals surface area (Å²) in [6.07, 6.45) is 7.33. The Morgan fingerprint density at radius 1 is 1.24 bits per heavy atom. The minimum Gasteiger partial charge on any atom is -0.261 e. The van der Waals surface area contributed by atoms with Crippen molar-refractivity contribution in [2.75, 3.05) is 0 Å². The third-order valence-electron chi connectivity index (χ3n) is 3.18. The van der Waals surface area contributed by atoms with Crippen LogP contribution < -0.4 is 0 Å².